The second-order valence-electron chi connectivity index (χ2n) is 4.32. The first-order valence-electron chi connectivity index (χ1n) is 6.40. The van der Waals surface area contributed by atoms with Crippen molar-refractivity contribution in [1.29, 1.82) is 0 Å². The number of ketones is 1. The van der Waals surface area contributed by atoms with E-state index in [-0.39, 0.29) is 10.6 Å². The van der Waals surface area contributed by atoms with E-state index in [2.05, 4.69) is 15.9 Å². The Morgan fingerprint density at radius 2 is 1.35 bits per heavy atom. The van der Waals surface area contributed by atoms with Gasteiger partial charge >= 0.3 is 0 Å². The van der Waals surface area contributed by atoms with E-state index in [1.165, 1.54) is 0 Å². The lowest BCUT2D eigenvalue weighted by Crippen LogP contribution is -2.06. The van der Waals surface area contributed by atoms with Crippen LogP contribution in [0.5, 0.6) is 0 Å². The maximum Gasteiger partial charge on any atom is 0.173 e. The van der Waals surface area contributed by atoms with Gasteiger partial charge in [0.05, 0.1) is 4.83 Å². The summed E-state index contributed by atoms with van der Waals surface area (Å²) >= 11 is 3.39. The van der Waals surface area contributed by atoms with Crippen molar-refractivity contribution in [3.63, 3.8) is 0 Å². The van der Waals surface area contributed by atoms with Crippen LogP contribution in [0.1, 0.15) is 11.1 Å². The Balaban J connectivity index is 1.96. The largest absolute Gasteiger partial charge is 0.293 e. The molecule has 0 bridgehead atoms. The molecule has 0 aromatic heterocycles. The highest BCUT2D eigenvalue weighted by molar-refractivity contribution is 9.10. The molecule has 1 unspecified atom stereocenters. The molecule has 0 saturated heterocycles. The van der Waals surface area contributed by atoms with E-state index in [0.29, 0.717) is 0 Å². The molecule has 0 N–H and O–H groups in total. The molecule has 0 aliphatic rings. The van der Waals surface area contributed by atoms with E-state index < -0.39 is 0 Å². The fourth-order valence-corrected chi connectivity index (χ4v) is 1.99. The number of rotatable bonds is 5. The second kappa shape index (κ2) is 7.61. The summed E-state index contributed by atoms with van der Waals surface area (Å²) in [5.74, 6) is 0.0287. The number of hydrogen-bond donors (Lipinski definition) is 0. The zero-order valence-electron chi connectivity index (χ0n) is 10.9. The van der Waals surface area contributed by atoms with E-state index in [0.717, 1.165) is 11.1 Å². The topological polar surface area (TPSA) is 17.1 Å². The standard InChI is InChI=1S/C18H15BrO/c19-17(13-11-15-7-3-1-4-8-15)18(20)14-12-16-9-5-2-6-10-16/h1-14,17H. The van der Waals surface area contributed by atoms with Crippen LogP contribution in [-0.4, -0.2) is 10.6 Å². The minimum absolute atomic E-state index is 0.0287. The van der Waals surface area contributed by atoms with Gasteiger partial charge in [0.15, 0.2) is 5.78 Å². The van der Waals surface area contributed by atoms with Crippen LogP contribution < -0.4 is 0 Å². The van der Waals surface area contributed by atoms with E-state index in [9.17, 15) is 4.79 Å². The summed E-state index contributed by atoms with van der Waals surface area (Å²) in [6.07, 6.45) is 7.22. The molecule has 100 valence electrons. The first-order valence-corrected chi connectivity index (χ1v) is 7.31. The minimum Gasteiger partial charge on any atom is -0.293 e. The summed E-state index contributed by atoms with van der Waals surface area (Å²) in [6, 6.07) is 19.7. The molecule has 1 atom stereocenters. The maximum atomic E-state index is 12.0. The monoisotopic (exact) mass is 326 g/mol. The molecule has 2 aromatic rings. The first-order chi connectivity index (χ1) is 9.75. The molecule has 0 spiro atoms. The van der Waals surface area contributed by atoms with Gasteiger partial charge in [-0.3, -0.25) is 4.79 Å². The zero-order valence-corrected chi connectivity index (χ0v) is 12.5. The molecule has 0 radical (unpaired) electrons. The number of alkyl halides is 1. The third-order valence-electron chi connectivity index (χ3n) is 2.77. The van der Waals surface area contributed by atoms with Gasteiger partial charge in [0.2, 0.25) is 0 Å². The number of carbonyl (C=O) groups is 1. The van der Waals surface area contributed by atoms with Crippen molar-refractivity contribution < 1.29 is 4.79 Å². The molecule has 0 aliphatic carbocycles. The third-order valence-corrected chi connectivity index (χ3v) is 3.53. The van der Waals surface area contributed by atoms with Crippen LogP contribution in [-0.2, 0) is 4.79 Å². The molecule has 2 aromatic carbocycles. The van der Waals surface area contributed by atoms with Gasteiger partial charge in [-0.25, -0.2) is 0 Å². The van der Waals surface area contributed by atoms with E-state index >= 15 is 0 Å². The molecular weight excluding hydrogens is 312 g/mol. The highest BCUT2D eigenvalue weighted by Crippen LogP contribution is 2.10. The van der Waals surface area contributed by atoms with Crippen LogP contribution in [0.3, 0.4) is 0 Å². The number of carbonyl (C=O) groups excluding carboxylic acids is 1. The third kappa shape index (κ3) is 4.63. The smallest absolute Gasteiger partial charge is 0.173 e. The Kier molecular flexibility index (Phi) is 5.51. The Bertz CT molecular complexity index is 600. The number of hydrogen-bond acceptors (Lipinski definition) is 1. The van der Waals surface area contributed by atoms with Gasteiger partial charge in [0.1, 0.15) is 0 Å². The van der Waals surface area contributed by atoms with Crippen LogP contribution in [0.15, 0.2) is 72.8 Å². The van der Waals surface area contributed by atoms with Crippen molar-refractivity contribution in [2.75, 3.05) is 0 Å². The fourth-order valence-electron chi connectivity index (χ4n) is 1.69. The highest BCUT2D eigenvalue weighted by atomic mass is 79.9. The van der Waals surface area contributed by atoms with Crippen LogP contribution in [0.4, 0.5) is 0 Å². The molecule has 2 heteroatoms. The summed E-state index contributed by atoms with van der Waals surface area (Å²) in [5.41, 5.74) is 2.10. The quantitative estimate of drug-likeness (QED) is 0.572. The summed E-state index contributed by atoms with van der Waals surface area (Å²) in [7, 11) is 0. The molecule has 0 heterocycles. The van der Waals surface area contributed by atoms with Crippen molar-refractivity contribution in [2.45, 2.75) is 4.83 Å². The lowest BCUT2D eigenvalue weighted by Gasteiger charge is -1.99. The van der Waals surface area contributed by atoms with Gasteiger partial charge in [-0.15, -0.1) is 0 Å². The van der Waals surface area contributed by atoms with Gasteiger partial charge in [0.25, 0.3) is 0 Å². The van der Waals surface area contributed by atoms with Crippen molar-refractivity contribution >= 4 is 33.9 Å². The lowest BCUT2D eigenvalue weighted by atomic mass is 10.1. The number of halogens is 1. The Morgan fingerprint density at radius 3 is 1.90 bits per heavy atom. The van der Waals surface area contributed by atoms with Gasteiger partial charge in [-0.1, -0.05) is 94.8 Å². The Labute approximate surface area is 127 Å². The van der Waals surface area contributed by atoms with Gasteiger partial charge < -0.3 is 0 Å². The number of allylic oxidation sites excluding steroid dienone is 2. The van der Waals surface area contributed by atoms with Gasteiger partial charge in [-0.2, -0.15) is 0 Å². The molecular formula is C18H15BrO. The summed E-state index contributed by atoms with van der Waals surface area (Å²) in [4.78, 5) is 11.6. The van der Waals surface area contributed by atoms with Crippen molar-refractivity contribution in [3.05, 3.63) is 83.9 Å². The average Bonchev–Trinajstić information content (AvgIpc) is 2.52. The predicted octanol–water partition coefficient (Wildman–Crippen LogP) is 4.75. The zero-order chi connectivity index (χ0) is 14.2. The summed E-state index contributed by atoms with van der Waals surface area (Å²) < 4.78 is 0. The van der Waals surface area contributed by atoms with Crippen LogP contribution in [0.2, 0.25) is 0 Å². The van der Waals surface area contributed by atoms with Crippen molar-refractivity contribution in [1.82, 2.24) is 0 Å². The number of benzene rings is 2. The molecule has 0 fully saturated rings. The highest BCUT2D eigenvalue weighted by Gasteiger charge is 2.07. The molecule has 2 rings (SSSR count). The maximum absolute atomic E-state index is 12.0. The normalized spacial score (nSPS) is 12.8. The summed E-state index contributed by atoms with van der Waals surface area (Å²) in [6.45, 7) is 0. The molecule has 1 nitrogen and oxygen atoms in total. The SMILES string of the molecule is O=C(C=Cc1ccccc1)C(Br)C=Cc1ccccc1. The van der Waals surface area contributed by atoms with Crippen molar-refractivity contribution in [2.24, 2.45) is 0 Å². The predicted molar refractivity (Wildman–Crippen MR) is 88.7 cm³/mol. The van der Waals surface area contributed by atoms with Crippen LogP contribution in [0.25, 0.3) is 12.2 Å². The Morgan fingerprint density at radius 1 is 0.850 bits per heavy atom. The lowest BCUT2D eigenvalue weighted by molar-refractivity contribution is -0.113. The van der Waals surface area contributed by atoms with E-state index in [1.54, 1.807) is 6.08 Å². The molecule has 0 amide bonds. The fraction of sp³-hybridized carbons (Fsp3) is 0.0556. The molecule has 20 heavy (non-hydrogen) atoms. The van der Waals surface area contributed by atoms with E-state index in [4.69, 9.17) is 0 Å². The first kappa shape index (κ1) is 14.5. The summed E-state index contributed by atoms with van der Waals surface area (Å²) in [5, 5.41) is 0. The van der Waals surface area contributed by atoms with Crippen LogP contribution >= 0.6 is 15.9 Å². The molecule has 0 aliphatic heterocycles. The second-order valence-corrected chi connectivity index (χ2v) is 5.30. The van der Waals surface area contributed by atoms with E-state index in [1.807, 2.05) is 78.9 Å². The minimum atomic E-state index is -0.303. The Hall–Kier alpha value is -1.93. The average molecular weight is 327 g/mol. The van der Waals surface area contributed by atoms with Crippen LogP contribution in [0, 0.1) is 0 Å². The molecule has 0 saturated carbocycles. The van der Waals surface area contributed by atoms with Gasteiger partial charge in [-0.05, 0) is 17.2 Å². The van der Waals surface area contributed by atoms with Gasteiger partial charge in [0, 0.05) is 0 Å². The van der Waals surface area contributed by atoms with Crippen molar-refractivity contribution in [3.8, 4) is 0 Å².